The van der Waals surface area contributed by atoms with Gasteiger partial charge in [-0.2, -0.15) is 5.26 Å². The molecule has 1 aromatic heterocycles. The van der Waals surface area contributed by atoms with Crippen molar-refractivity contribution in [2.75, 3.05) is 0 Å². The molecule has 0 aliphatic carbocycles. The number of hydrogen-bond acceptors (Lipinski definition) is 2. The maximum Gasteiger partial charge on any atom is 0.182 e. The molecule has 0 aliphatic rings. The summed E-state index contributed by atoms with van der Waals surface area (Å²) in [4.78, 5) is 2.74. The minimum atomic E-state index is -0.684. The third kappa shape index (κ3) is 2.32. The molecule has 3 rings (SSSR count). The number of H-pyrrole nitrogens is 1. The highest BCUT2D eigenvalue weighted by molar-refractivity contribution is 7.71. The molecule has 6 heteroatoms. The molecule has 0 radical (unpaired) electrons. The van der Waals surface area contributed by atoms with Gasteiger partial charge in [0.05, 0.1) is 18.0 Å². The van der Waals surface area contributed by atoms with Crippen molar-refractivity contribution < 1.29 is 8.78 Å². The summed E-state index contributed by atoms with van der Waals surface area (Å²) in [6.07, 6.45) is 0.308. The van der Waals surface area contributed by atoms with Crippen LogP contribution in [0.1, 0.15) is 5.56 Å². The van der Waals surface area contributed by atoms with Crippen LogP contribution in [0.4, 0.5) is 8.78 Å². The molecule has 104 valence electrons. The Morgan fingerprint density at radius 3 is 2.57 bits per heavy atom. The third-order valence-electron chi connectivity index (χ3n) is 3.19. The molecule has 1 heterocycles. The number of hydrogen-bond donors (Lipinski definition) is 1. The smallest absolute Gasteiger partial charge is 0.182 e. The van der Waals surface area contributed by atoms with Gasteiger partial charge in [-0.05, 0) is 29.9 Å². The number of aromatic nitrogens is 2. The van der Waals surface area contributed by atoms with E-state index in [1.54, 1.807) is 28.8 Å². The van der Waals surface area contributed by atoms with Crippen LogP contribution < -0.4 is 0 Å². The third-order valence-corrected chi connectivity index (χ3v) is 3.47. The second-order valence-corrected chi connectivity index (χ2v) is 4.94. The first-order valence-electron chi connectivity index (χ1n) is 6.16. The summed E-state index contributed by atoms with van der Waals surface area (Å²) in [7, 11) is 0. The zero-order valence-electron chi connectivity index (χ0n) is 10.7. The van der Waals surface area contributed by atoms with Crippen molar-refractivity contribution in [2.24, 2.45) is 0 Å². The van der Waals surface area contributed by atoms with Gasteiger partial charge in [-0.25, -0.2) is 8.78 Å². The Kier molecular flexibility index (Phi) is 3.28. The number of fused-ring (bicyclic) bond motifs is 1. The second kappa shape index (κ2) is 5.11. The van der Waals surface area contributed by atoms with Crippen LogP contribution in [0.15, 0.2) is 36.4 Å². The number of aromatic amines is 1. The Balaban J connectivity index is 2.23. The largest absolute Gasteiger partial charge is 0.328 e. The summed E-state index contributed by atoms with van der Waals surface area (Å²) in [5.41, 5.74) is 2.05. The Labute approximate surface area is 124 Å². The van der Waals surface area contributed by atoms with Gasteiger partial charge in [-0.3, -0.25) is 4.57 Å². The van der Waals surface area contributed by atoms with Crippen molar-refractivity contribution >= 4 is 23.3 Å². The molecule has 0 amide bonds. The van der Waals surface area contributed by atoms with Gasteiger partial charge in [0.2, 0.25) is 0 Å². The summed E-state index contributed by atoms with van der Waals surface area (Å²) in [5.74, 6) is -1.35. The van der Waals surface area contributed by atoms with E-state index in [1.807, 2.05) is 0 Å². The second-order valence-electron chi connectivity index (χ2n) is 4.55. The van der Waals surface area contributed by atoms with Gasteiger partial charge in [0.25, 0.3) is 0 Å². The van der Waals surface area contributed by atoms with E-state index in [0.29, 0.717) is 17.6 Å². The van der Waals surface area contributed by atoms with Gasteiger partial charge in [0, 0.05) is 17.8 Å². The highest BCUT2D eigenvalue weighted by Crippen LogP contribution is 2.23. The van der Waals surface area contributed by atoms with Crippen LogP contribution in [-0.2, 0) is 6.42 Å². The Hall–Kier alpha value is -2.52. The highest BCUT2D eigenvalue weighted by atomic mass is 32.1. The number of halogens is 2. The van der Waals surface area contributed by atoms with E-state index in [-0.39, 0.29) is 10.3 Å². The summed E-state index contributed by atoms with van der Waals surface area (Å²) < 4.78 is 29.0. The lowest BCUT2D eigenvalue weighted by Gasteiger charge is -2.05. The van der Waals surface area contributed by atoms with Crippen LogP contribution in [-0.4, -0.2) is 9.55 Å². The Morgan fingerprint density at radius 1 is 1.19 bits per heavy atom. The molecule has 0 saturated heterocycles. The fraction of sp³-hybridized carbons (Fsp3) is 0.0667. The Morgan fingerprint density at radius 2 is 1.90 bits per heavy atom. The van der Waals surface area contributed by atoms with Crippen LogP contribution >= 0.6 is 12.2 Å². The van der Waals surface area contributed by atoms with Crippen molar-refractivity contribution in [3.8, 4) is 11.8 Å². The first-order valence-corrected chi connectivity index (χ1v) is 6.57. The molecule has 0 spiro atoms. The molecule has 21 heavy (non-hydrogen) atoms. The monoisotopic (exact) mass is 301 g/mol. The highest BCUT2D eigenvalue weighted by Gasteiger charge is 2.12. The maximum atomic E-state index is 13.8. The van der Waals surface area contributed by atoms with E-state index in [9.17, 15) is 8.78 Å². The van der Waals surface area contributed by atoms with Gasteiger partial charge < -0.3 is 4.98 Å². The molecule has 0 saturated carbocycles. The number of benzene rings is 2. The SMILES string of the molecule is N#CCc1ccc(-n2c(=S)[nH]c3c(F)cc(F)cc32)cc1. The first kappa shape index (κ1) is 13.5. The van der Waals surface area contributed by atoms with Crippen LogP contribution in [0.2, 0.25) is 0 Å². The summed E-state index contributed by atoms with van der Waals surface area (Å²) in [6, 6.07) is 11.2. The number of nitriles is 1. The van der Waals surface area contributed by atoms with Crippen LogP contribution in [0.3, 0.4) is 0 Å². The molecule has 2 aromatic carbocycles. The summed E-state index contributed by atoms with van der Waals surface area (Å²) in [5, 5.41) is 8.66. The van der Waals surface area contributed by atoms with Gasteiger partial charge in [0.1, 0.15) is 11.3 Å². The number of nitrogens with one attached hydrogen (secondary N) is 1. The quantitative estimate of drug-likeness (QED) is 0.726. The molecule has 0 unspecified atom stereocenters. The van der Waals surface area contributed by atoms with Crippen molar-refractivity contribution in [2.45, 2.75) is 6.42 Å². The fourth-order valence-electron chi connectivity index (χ4n) is 2.24. The normalized spacial score (nSPS) is 10.7. The minimum Gasteiger partial charge on any atom is -0.328 e. The Bertz CT molecular complexity index is 917. The predicted octanol–water partition coefficient (Wildman–Crippen LogP) is 4.03. The standard InChI is InChI=1S/C15H9F2N3S/c16-10-7-12(17)14-13(8-10)20(15(21)19-14)11-3-1-9(2-4-11)5-6-18/h1-4,7-8H,5H2,(H,19,21). The molecule has 0 aliphatic heterocycles. The van der Waals surface area contributed by atoms with E-state index in [4.69, 9.17) is 17.5 Å². The molecule has 1 N–H and O–H groups in total. The van der Waals surface area contributed by atoms with Crippen molar-refractivity contribution in [1.82, 2.24) is 9.55 Å². The average Bonchev–Trinajstić information content (AvgIpc) is 2.77. The lowest BCUT2D eigenvalue weighted by molar-refractivity contribution is 0.590. The van der Waals surface area contributed by atoms with Crippen molar-refractivity contribution in [1.29, 1.82) is 5.26 Å². The van der Waals surface area contributed by atoms with E-state index in [0.717, 1.165) is 11.6 Å². The van der Waals surface area contributed by atoms with Gasteiger partial charge >= 0.3 is 0 Å². The van der Waals surface area contributed by atoms with E-state index in [2.05, 4.69) is 11.1 Å². The lowest BCUT2D eigenvalue weighted by Crippen LogP contribution is -1.95. The molecule has 0 fully saturated rings. The molecule has 0 atom stereocenters. The van der Waals surface area contributed by atoms with Gasteiger partial charge in [-0.1, -0.05) is 12.1 Å². The van der Waals surface area contributed by atoms with E-state index in [1.165, 1.54) is 6.07 Å². The summed E-state index contributed by atoms with van der Waals surface area (Å²) >= 11 is 5.19. The van der Waals surface area contributed by atoms with Gasteiger partial charge in [-0.15, -0.1) is 0 Å². The van der Waals surface area contributed by atoms with Crippen LogP contribution in [0, 0.1) is 27.7 Å². The van der Waals surface area contributed by atoms with Crippen LogP contribution in [0.25, 0.3) is 16.7 Å². The predicted molar refractivity (Wildman–Crippen MR) is 77.7 cm³/mol. The van der Waals surface area contributed by atoms with Crippen molar-refractivity contribution in [3.05, 3.63) is 58.4 Å². The van der Waals surface area contributed by atoms with Crippen LogP contribution in [0.5, 0.6) is 0 Å². The lowest BCUT2D eigenvalue weighted by atomic mass is 10.1. The van der Waals surface area contributed by atoms with Crippen molar-refractivity contribution in [3.63, 3.8) is 0 Å². The average molecular weight is 301 g/mol. The number of nitrogens with zero attached hydrogens (tertiary/aromatic N) is 2. The molecule has 3 nitrogen and oxygen atoms in total. The first-order chi connectivity index (χ1) is 10.1. The summed E-state index contributed by atoms with van der Waals surface area (Å²) in [6.45, 7) is 0. The molecule has 0 bridgehead atoms. The topological polar surface area (TPSA) is 44.5 Å². The zero-order chi connectivity index (χ0) is 15.0. The molecule has 3 aromatic rings. The van der Waals surface area contributed by atoms with E-state index < -0.39 is 11.6 Å². The maximum absolute atomic E-state index is 13.8. The molecular formula is C15H9F2N3S. The zero-order valence-corrected chi connectivity index (χ0v) is 11.5. The number of imidazole rings is 1. The fourth-order valence-corrected chi connectivity index (χ4v) is 2.55. The van der Waals surface area contributed by atoms with E-state index >= 15 is 0 Å². The van der Waals surface area contributed by atoms with Gasteiger partial charge in [0.15, 0.2) is 10.6 Å². The number of rotatable bonds is 2. The minimum absolute atomic E-state index is 0.169. The molecular weight excluding hydrogens is 292 g/mol.